The molecule has 1 aromatic carbocycles. The molecule has 0 radical (unpaired) electrons. The van der Waals surface area contributed by atoms with Gasteiger partial charge in [0.15, 0.2) is 0 Å². The fraction of sp³-hybridized carbons (Fsp3) is 0.235. The molecule has 120 valence electrons. The van der Waals surface area contributed by atoms with E-state index >= 15 is 0 Å². The van der Waals surface area contributed by atoms with Crippen LogP contribution in [0.4, 0.5) is 5.69 Å². The number of carbonyl (C=O) groups is 1. The number of anilines is 1. The maximum absolute atomic E-state index is 12.5. The molecule has 0 spiro atoms. The number of methoxy groups -OCH3 is 1. The van der Waals surface area contributed by atoms with E-state index in [0.29, 0.717) is 16.5 Å². The number of halogens is 1. The average molecular weight is 366 g/mol. The summed E-state index contributed by atoms with van der Waals surface area (Å²) >= 11 is 9.41. The second kappa shape index (κ2) is 6.59. The Bertz CT molecular complexity index is 811. The summed E-state index contributed by atoms with van der Waals surface area (Å²) in [7, 11) is 1.56. The summed E-state index contributed by atoms with van der Waals surface area (Å²) < 4.78 is 5.12. The fourth-order valence-corrected chi connectivity index (χ4v) is 4.99. The monoisotopic (exact) mass is 365 g/mol. The number of amides is 1. The smallest absolute Gasteiger partial charge is 0.262 e. The standard InChI is InChI=1S/C17H16ClNO2S2/c1-9-10(2)23-15-7-16(22-8-12(9)15)17(20)19-11-4-5-14(21-3)13(18)6-11/h4-7H,8H2,1-3H3,(H,19,20). The number of rotatable bonds is 3. The Labute approximate surface area is 148 Å². The van der Waals surface area contributed by atoms with Crippen molar-refractivity contribution in [3.05, 3.63) is 49.0 Å². The van der Waals surface area contributed by atoms with Crippen molar-refractivity contribution in [3.8, 4) is 5.75 Å². The first-order valence-corrected chi connectivity index (χ1v) is 9.26. The maximum Gasteiger partial charge on any atom is 0.262 e. The lowest BCUT2D eigenvalue weighted by Crippen LogP contribution is -2.14. The molecular weight excluding hydrogens is 350 g/mol. The lowest BCUT2D eigenvalue weighted by molar-refractivity contribution is -0.112. The van der Waals surface area contributed by atoms with Crippen LogP contribution in [0, 0.1) is 13.8 Å². The molecule has 3 nitrogen and oxygen atoms in total. The topological polar surface area (TPSA) is 38.3 Å². The lowest BCUT2D eigenvalue weighted by atomic mass is 10.1. The summed E-state index contributed by atoms with van der Waals surface area (Å²) in [5.74, 6) is 1.32. The zero-order chi connectivity index (χ0) is 16.6. The molecule has 1 aliphatic heterocycles. The number of carbonyl (C=O) groups excluding carboxylic acids is 1. The van der Waals surface area contributed by atoms with Crippen molar-refractivity contribution in [2.75, 3.05) is 12.4 Å². The van der Waals surface area contributed by atoms with Crippen LogP contribution >= 0.6 is 34.7 Å². The second-order valence-corrected chi connectivity index (χ2v) is 7.91. The largest absolute Gasteiger partial charge is 0.495 e. The highest BCUT2D eigenvalue weighted by Crippen LogP contribution is 2.39. The quantitative estimate of drug-likeness (QED) is 0.806. The van der Waals surface area contributed by atoms with Crippen molar-refractivity contribution in [2.45, 2.75) is 19.6 Å². The number of aryl methyl sites for hydroxylation is 1. The van der Waals surface area contributed by atoms with E-state index in [1.165, 1.54) is 20.9 Å². The van der Waals surface area contributed by atoms with Gasteiger partial charge in [-0.15, -0.1) is 23.1 Å². The van der Waals surface area contributed by atoms with E-state index < -0.39 is 0 Å². The molecule has 23 heavy (non-hydrogen) atoms. The minimum atomic E-state index is -0.106. The molecule has 3 rings (SSSR count). The van der Waals surface area contributed by atoms with Crippen LogP contribution in [0.25, 0.3) is 6.08 Å². The molecule has 1 aliphatic rings. The van der Waals surface area contributed by atoms with Gasteiger partial charge in [0.2, 0.25) is 0 Å². The van der Waals surface area contributed by atoms with E-state index in [1.54, 1.807) is 48.4 Å². The van der Waals surface area contributed by atoms with Gasteiger partial charge < -0.3 is 10.1 Å². The van der Waals surface area contributed by atoms with E-state index in [9.17, 15) is 4.79 Å². The molecule has 1 amide bonds. The minimum absolute atomic E-state index is 0.106. The molecule has 0 saturated heterocycles. The van der Waals surface area contributed by atoms with Crippen LogP contribution in [0.2, 0.25) is 5.02 Å². The number of ether oxygens (including phenoxy) is 1. The van der Waals surface area contributed by atoms with E-state index in [4.69, 9.17) is 16.3 Å². The third-order valence-corrected chi connectivity index (χ3v) is 6.35. The molecule has 2 heterocycles. The number of thiophene rings is 1. The van der Waals surface area contributed by atoms with Crippen molar-refractivity contribution in [1.82, 2.24) is 0 Å². The Balaban J connectivity index is 1.80. The van der Waals surface area contributed by atoms with Gasteiger partial charge in [0.25, 0.3) is 5.91 Å². The van der Waals surface area contributed by atoms with Crippen molar-refractivity contribution < 1.29 is 9.53 Å². The maximum atomic E-state index is 12.5. The van der Waals surface area contributed by atoms with Crippen LogP contribution in [0.1, 0.15) is 20.9 Å². The first kappa shape index (κ1) is 16.4. The number of benzene rings is 1. The summed E-state index contributed by atoms with van der Waals surface area (Å²) in [6.07, 6.45) is 1.98. The molecule has 2 aromatic rings. The van der Waals surface area contributed by atoms with Gasteiger partial charge in [-0.2, -0.15) is 0 Å². The molecular formula is C17H16ClNO2S2. The second-order valence-electron chi connectivity index (χ2n) is 5.23. The molecule has 1 aromatic heterocycles. The SMILES string of the molecule is COc1ccc(NC(=O)C2=Cc3sc(C)c(C)c3CS2)cc1Cl. The summed E-state index contributed by atoms with van der Waals surface area (Å²) in [5, 5.41) is 3.37. The molecule has 0 unspecified atom stereocenters. The number of hydrogen-bond donors (Lipinski definition) is 1. The summed E-state index contributed by atoms with van der Waals surface area (Å²) in [5.41, 5.74) is 3.35. The normalized spacial score (nSPS) is 13.3. The Morgan fingerprint density at radius 1 is 1.35 bits per heavy atom. The first-order chi connectivity index (χ1) is 11.0. The lowest BCUT2D eigenvalue weighted by Gasteiger charge is -2.14. The van der Waals surface area contributed by atoms with E-state index in [1.807, 2.05) is 6.08 Å². The van der Waals surface area contributed by atoms with Gasteiger partial charge in [0.05, 0.1) is 17.0 Å². The van der Waals surface area contributed by atoms with Gasteiger partial charge in [0.1, 0.15) is 5.75 Å². The highest BCUT2D eigenvalue weighted by Gasteiger charge is 2.21. The fourth-order valence-electron chi connectivity index (χ4n) is 2.37. The van der Waals surface area contributed by atoms with Crippen LogP contribution < -0.4 is 10.1 Å². The van der Waals surface area contributed by atoms with Crippen molar-refractivity contribution in [1.29, 1.82) is 0 Å². The number of fused-ring (bicyclic) bond motifs is 1. The van der Waals surface area contributed by atoms with Crippen molar-refractivity contribution >= 4 is 52.4 Å². The minimum Gasteiger partial charge on any atom is -0.495 e. The Kier molecular flexibility index (Phi) is 4.71. The number of hydrogen-bond acceptors (Lipinski definition) is 4. The average Bonchev–Trinajstić information content (AvgIpc) is 2.81. The van der Waals surface area contributed by atoms with Crippen LogP contribution in [0.15, 0.2) is 23.1 Å². The Hall–Kier alpha value is -1.43. The van der Waals surface area contributed by atoms with Crippen LogP contribution in [0.5, 0.6) is 5.75 Å². The molecule has 0 aliphatic carbocycles. The van der Waals surface area contributed by atoms with Crippen LogP contribution in [0.3, 0.4) is 0 Å². The number of nitrogens with one attached hydrogen (secondary N) is 1. The van der Waals surface area contributed by atoms with Crippen LogP contribution in [-0.2, 0) is 10.5 Å². The third-order valence-electron chi connectivity index (χ3n) is 3.81. The van der Waals surface area contributed by atoms with Crippen LogP contribution in [-0.4, -0.2) is 13.0 Å². The molecule has 0 fully saturated rings. The Morgan fingerprint density at radius 3 is 2.83 bits per heavy atom. The first-order valence-electron chi connectivity index (χ1n) is 7.08. The van der Waals surface area contributed by atoms with E-state index in [0.717, 1.165) is 10.7 Å². The third kappa shape index (κ3) is 3.27. The predicted octanol–water partition coefficient (Wildman–Crippen LogP) is 5.25. The van der Waals surface area contributed by atoms with Gasteiger partial charge >= 0.3 is 0 Å². The zero-order valence-electron chi connectivity index (χ0n) is 13.0. The van der Waals surface area contributed by atoms with Gasteiger partial charge in [-0.25, -0.2) is 0 Å². The molecule has 0 bridgehead atoms. The Morgan fingerprint density at radius 2 is 2.13 bits per heavy atom. The van der Waals surface area contributed by atoms with Gasteiger partial charge in [-0.3, -0.25) is 4.79 Å². The van der Waals surface area contributed by atoms with Crippen molar-refractivity contribution in [3.63, 3.8) is 0 Å². The van der Waals surface area contributed by atoms with E-state index in [-0.39, 0.29) is 5.91 Å². The predicted molar refractivity (Wildman–Crippen MR) is 99.7 cm³/mol. The van der Waals surface area contributed by atoms with Gasteiger partial charge in [-0.05, 0) is 49.2 Å². The summed E-state index contributed by atoms with van der Waals surface area (Å²) in [4.78, 5) is 15.7. The summed E-state index contributed by atoms with van der Waals surface area (Å²) in [6.45, 7) is 4.26. The van der Waals surface area contributed by atoms with E-state index in [2.05, 4.69) is 19.2 Å². The number of thioether (sulfide) groups is 1. The van der Waals surface area contributed by atoms with Gasteiger partial charge in [-0.1, -0.05) is 11.6 Å². The molecule has 0 atom stereocenters. The molecule has 0 saturated carbocycles. The van der Waals surface area contributed by atoms with Crippen molar-refractivity contribution in [2.24, 2.45) is 0 Å². The summed E-state index contributed by atoms with van der Waals surface area (Å²) in [6, 6.07) is 5.21. The molecule has 6 heteroatoms. The molecule has 1 N–H and O–H groups in total. The van der Waals surface area contributed by atoms with Gasteiger partial charge in [0, 0.05) is 21.2 Å². The highest BCUT2D eigenvalue weighted by atomic mass is 35.5. The highest BCUT2D eigenvalue weighted by molar-refractivity contribution is 8.03. The zero-order valence-corrected chi connectivity index (χ0v) is 15.4.